The molecule has 0 unspecified atom stereocenters. The van der Waals surface area contributed by atoms with Crippen LogP contribution in [0.1, 0.15) is 56.5 Å². The van der Waals surface area contributed by atoms with Crippen LogP contribution in [0, 0.1) is 0 Å². The van der Waals surface area contributed by atoms with Crippen molar-refractivity contribution in [3.63, 3.8) is 0 Å². The fraction of sp³-hybridized carbons (Fsp3) is 0.500. The highest BCUT2D eigenvalue weighted by Gasteiger charge is 2.38. The number of rotatable bonds is 3. The summed E-state index contributed by atoms with van der Waals surface area (Å²) in [5.74, 6) is 0.459. The molecule has 0 aliphatic heterocycles. The van der Waals surface area contributed by atoms with Crippen molar-refractivity contribution in [3.8, 4) is 0 Å². The lowest BCUT2D eigenvalue weighted by Gasteiger charge is -2.38. The zero-order valence-corrected chi connectivity index (χ0v) is 15.3. The molecule has 0 aliphatic rings. The number of carbonyl (C=O) groups is 1. The van der Waals surface area contributed by atoms with Crippen molar-refractivity contribution >= 4 is 25.4 Å². The first-order chi connectivity index (χ1) is 9.59. The summed E-state index contributed by atoms with van der Waals surface area (Å²) in [5.41, 5.74) is 3.38. The predicted octanol–water partition coefficient (Wildman–Crippen LogP) is 5.43. The Morgan fingerprint density at radius 2 is 1.81 bits per heavy atom. The first-order valence-electron chi connectivity index (χ1n) is 7.70. The Balaban J connectivity index is 2.80. The highest BCUT2D eigenvalue weighted by Crippen LogP contribution is 2.40. The van der Waals surface area contributed by atoms with Crippen LogP contribution in [-0.2, 0) is 0 Å². The number of aldehydes is 1. The van der Waals surface area contributed by atoms with Crippen molar-refractivity contribution < 1.29 is 4.79 Å². The minimum absolute atomic E-state index is 0.274. The van der Waals surface area contributed by atoms with Crippen molar-refractivity contribution in [1.29, 1.82) is 0 Å². The van der Waals surface area contributed by atoms with E-state index in [-0.39, 0.29) is 5.04 Å². The molecule has 3 heteroatoms. The minimum atomic E-state index is -1.67. The number of nitrogens with zero attached hydrogens (tertiary/aromatic N) is 1. The average molecular weight is 302 g/mol. The molecule has 0 N–H and O–H groups in total. The topological polar surface area (TPSA) is 22.0 Å². The molecule has 0 saturated carbocycles. The van der Waals surface area contributed by atoms with Gasteiger partial charge in [-0.3, -0.25) is 4.79 Å². The van der Waals surface area contributed by atoms with E-state index in [1.54, 1.807) is 0 Å². The largest absolute Gasteiger partial charge is 0.374 e. The fourth-order valence-corrected chi connectivity index (χ4v) is 4.61. The summed E-state index contributed by atoms with van der Waals surface area (Å²) < 4.78 is 2.52. The maximum absolute atomic E-state index is 11.1. The molecular formula is C18H27NOSi. The molecule has 0 fully saturated rings. The zero-order valence-electron chi connectivity index (χ0n) is 14.3. The third kappa shape index (κ3) is 2.59. The van der Waals surface area contributed by atoms with E-state index in [1.165, 1.54) is 16.5 Å². The van der Waals surface area contributed by atoms with Crippen LogP contribution in [0.2, 0.25) is 18.1 Å². The van der Waals surface area contributed by atoms with Gasteiger partial charge in [-0.2, -0.15) is 0 Å². The Morgan fingerprint density at radius 1 is 1.19 bits per heavy atom. The molecule has 0 atom stereocenters. The van der Waals surface area contributed by atoms with Crippen LogP contribution >= 0.6 is 0 Å². The minimum Gasteiger partial charge on any atom is -0.374 e. The summed E-state index contributed by atoms with van der Waals surface area (Å²) in [5, 5.41) is 1.51. The van der Waals surface area contributed by atoms with Crippen LogP contribution in [0.5, 0.6) is 0 Å². The lowest BCUT2D eigenvalue weighted by Crippen LogP contribution is -2.44. The van der Waals surface area contributed by atoms with Gasteiger partial charge in [-0.15, -0.1) is 0 Å². The van der Waals surface area contributed by atoms with Gasteiger partial charge in [0.25, 0.3) is 0 Å². The summed E-state index contributed by atoms with van der Waals surface area (Å²) in [6.07, 6.45) is 3.27. The van der Waals surface area contributed by atoms with Crippen molar-refractivity contribution in [2.75, 3.05) is 0 Å². The summed E-state index contributed by atoms with van der Waals surface area (Å²) in [6.45, 7) is 16.3. The number of hydrogen-bond donors (Lipinski definition) is 0. The van der Waals surface area contributed by atoms with Crippen LogP contribution < -0.4 is 0 Å². The van der Waals surface area contributed by atoms with Crippen LogP contribution in [-0.4, -0.2) is 18.8 Å². The van der Waals surface area contributed by atoms with Crippen molar-refractivity contribution in [1.82, 2.24) is 4.23 Å². The van der Waals surface area contributed by atoms with Gasteiger partial charge in [-0.1, -0.05) is 47.7 Å². The molecule has 2 rings (SSSR count). The molecule has 2 aromatic rings. The molecule has 21 heavy (non-hydrogen) atoms. The molecule has 1 aromatic heterocycles. The summed E-state index contributed by atoms with van der Waals surface area (Å²) in [4.78, 5) is 11.1. The lowest BCUT2D eigenvalue weighted by atomic mass is 10.0. The van der Waals surface area contributed by atoms with Crippen molar-refractivity contribution in [2.45, 2.75) is 58.7 Å². The second-order valence-electron chi connectivity index (χ2n) is 7.81. The van der Waals surface area contributed by atoms with E-state index in [4.69, 9.17) is 0 Å². The molecule has 0 amide bonds. The standard InChI is InChI=1S/C18H27NOSi/c1-13(2)16-11-19(21(6,7)18(3,4)5)17-9-8-14(12-20)10-15(16)17/h8-13H,1-7H3. The highest BCUT2D eigenvalue weighted by atomic mass is 28.3. The third-order valence-corrected chi connectivity index (χ3v) is 10.3. The van der Waals surface area contributed by atoms with E-state index in [1.807, 2.05) is 12.1 Å². The maximum Gasteiger partial charge on any atom is 0.161 e. The smallest absolute Gasteiger partial charge is 0.161 e. The lowest BCUT2D eigenvalue weighted by molar-refractivity contribution is 0.112. The number of aromatic nitrogens is 1. The first kappa shape index (κ1) is 16.0. The van der Waals surface area contributed by atoms with Crippen LogP contribution in [0.25, 0.3) is 10.9 Å². The second-order valence-corrected chi connectivity index (χ2v) is 12.9. The molecule has 0 radical (unpaired) electrons. The zero-order chi connectivity index (χ0) is 16.0. The summed E-state index contributed by atoms with van der Waals surface area (Å²) in [7, 11) is -1.67. The van der Waals surface area contributed by atoms with Gasteiger partial charge in [0.1, 0.15) is 6.29 Å². The molecule has 114 valence electrons. The Morgan fingerprint density at radius 3 is 2.29 bits per heavy atom. The van der Waals surface area contributed by atoms with Gasteiger partial charge in [0, 0.05) is 16.5 Å². The van der Waals surface area contributed by atoms with Gasteiger partial charge in [0.15, 0.2) is 8.24 Å². The second kappa shape index (κ2) is 5.13. The van der Waals surface area contributed by atoms with Gasteiger partial charge in [-0.05, 0) is 40.9 Å². The monoisotopic (exact) mass is 301 g/mol. The first-order valence-corrected chi connectivity index (χ1v) is 10.6. The molecule has 0 spiro atoms. The van der Waals surface area contributed by atoms with E-state index in [2.05, 4.69) is 64.2 Å². The van der Waals surface area contributed by atoms with Gasteiger partial charge in [-0.25, -0.2) is 0 Å². The third-order valence-electron chi connectivity index (χ3n) is 5.06. The number of fused-ring (bicyclic) bond motifs is 1. The Hall–Kier alpha value is -1.35. The number of carbonyl (C=O) groups excluding carboxylic acids is 1. The van der Waals surface area contributed by atoms with E-state index >= 15 is 0 Å². The number of hydrogen-bond acceptors (Lipinski definition) is 1. The van der Waals surface area contributed by atoms with Crippen LogP contribution in [0.15, 0.2) is 24.4 Å². The summed E-state index contributed by atoms with van der Waals surface area (Å²) in [6, 6.07) is 6.09. The Labute approximate surface area is 129 Å². The highest BCUT2D eigenvalue weighted by molar-refractivity contribution is 6.79. The average Bonchev–Trinajstić information content (AvgIpc) is 2.76. The summed E-state index contributed by atoms with van der Waals surface area (Å²) >= 11 is 0. The maximum atomic E-state index is 11.1. The van der Waals surface area contributed by atoms with Crippen molar-refractivity contribution in [2.24, 2.45) is 0 Å². The number of benzene rings is 1. The molecule has 0 aliphatic carbocycles. The molecule has 1 heterocycles. The molecule has 2 nitrogen and oxygen atoms in total. The molecular weight excluding hydrogens is 274 g/mol. The SMILES string of the molecule is CC(C)c1cn([Si](C)(C)C(C)(C)C)c2ccc(C=O)cc12. The van der Waals surface area contributed by atoms with E-state index in [0.29, 0.717) is 5.92 Å². The molecule has 1 aromatic carbocycles. The van der Waals surface area contributed by atoms with Gasteiger partial charge in [0.05, 0.1) is 0 Å². The van der Waals surface area contributed by atoms with Crippen molar-refractivity contribution in [3.05, 3.63) is 35.5 Å². The fourth-order valence-electron chi connectivity index (χ4n) is 2.63. The molecule has 0 saturated heterocycles. The van der Waals surface area contributed by atoms with E-state index in [0.717, 1.165) is 11.8 Å². The quantitative estimate of drug-likeness (QED) is 0.547. The van der Waals surface area contributed by atoms with E-state index < -0.39 is 8.24 Å². The van der Waals surface area contributed by atoms with Gasteiger partial charge < -0.3 is 4.23 Å². The van der Waals surface area contributed by atoms with Gasteiger partial charge in [0.2, 0.25) is 0 Å². The van der Waals surface area contributed by atoms with Gasteiger partial charge >= 0.3 is 0 Å². The Kier molecular flexibility index (Phi) is 3.91. The van der Waals surface area contributed by atoms with Crippen LogP contribution in [0.4, 0.5) is 0 Å². The normalized spacial score (nSPS) is 13.1. The Bertz CT molecular complexity index is 674. The van der Waals surface area contributed by atoms with E-state index in [9.17, 15) is 4.79 Å². The van der Waals surface area contributed by atoms with Crippen LogP contribution in [0.3, 0.4) is 0 Å². The predicted molar refractivity (Wildman–Crippen MR) is 94.0 cm³/mol. The molecule has 0 bridgehead atoms.